The van der Waals surface area contributed by atoms with Crippen molar-refractivity contribution in [1.82, 2.24) is 9.30 Å². The highest BCUT2D eigenvalue weighted by Gasteiger charge is 2.22. The van der Waals surface area contributed by atoms with Gasteiger partial charge < -0.3 is 9.94 Å². The third-order valence-corrected chi connectivity index (χ3v) is 5.71. The highest BCUT2D eigenvalue weighted by Crippen LogP contribution is 2.27. The predicted molar refractivity (Wildman–Crippen MR) is 108 cm³/mol. The van der Waals surface area contributed by atoms with Gasteiger partial charge in [-0.15, -0.1) is 0 Å². The lowest BCUT2D eigenvalue weighted by molar-refractivity contribution is 0.0491. The lowest BCUT2D eigenvalue weighted by Crippen LogP contribution is -2.43. The first-order chi connectivity index (χ1) is 13.5. The Morgan fingerprint density at radius 2 is 1.79 bits per heavy atom. The van der Waals surface area contributed by atoms with Crippen LogP contribution in [0.5, 0.6) is 0 Å². The number of benzene rings is 1. The molecule has 3 rings (SSSR count). The smallest absolute Gasteiger partial charge is 0.366 e. The molecule has 1 aliphatic carbocycles. The molecule has 28 heavy (non-hydrogen) atoms. The summed E-state index contributed by atoms with van der Waals surface area (Å²) in [5.41, 5.74) is 2.09. The van der Waals surface area contributed by atoms with Gasteiger partial charge in [0.2, 0.25) is 0 Å². The molecule has 1 aromatic heterocycles. The van der Waals surface area contributed by atoms with Gasteiger partial charge in [0.1, 0.15) is 6.73 Å². The van der Waals surface area contributed by atoms with Crippen molar-refractivity contribution in [3.05, 3.63) is 67.5 Å². The van der Waals surface area contributed by atoms with Crippen molar-refractivity contribution in [2.24, 2.45) is 5.92 Å². The summed E-state index contributed by atoms with van der Waals surface area (Å²) in [5, 5.41) is 9.99. The fourth-order valence-corrected chi connectivity index (χ4v) is 4.06. The van der Waals surface area contributed by atoms with Crippen LogP contribution in [0.3, 0.4) is 0 Å². The zero-order valence-corrected chi connectivity index (χ0v) is 16.8. The van der Waals surface area contributed by atoms with Crippen molar-refractivity contribution in [3.63, 3.8) is 0 Å². The van der Waals surface area contributed by atoms with E-state index in [1.165, 1.54) is 29.4 Å². The number of aromatic nitrogens is 2. The van der Waals surface area contributed by atoms with Gasteiger partial charge in [-0.25, -0.2) is 4.79 Å². The van der Waals surface area contributed by atoms with Crippen LogP contribution < -0.4 is 11.2 Å². The molecule has 0 amide bonds. The summed E-state index contributed by atoms with van der Waals surface area (Å²) >= 11 is 0. The van der Waals surface area contributed by atoms with Gasteiger partial charge in [0, 0.05) is 11.3 Å². The molecule has 0 unspecified atom stereocenters. The molecule has 1 aromatic carbocycles. The second kappa shape index (κ2) is 9.24. The molecular weight excluding hydrogens is 356 g/mol. The number of nitrogens with zero attached hydrogens (tertiary/aromatic N) is 2. The molecule has 0 spiro atoms. The van der Waals surface area contributed by atoms with E-state index in [1.54, 1.807) is 0 Å². The molecule has 2 aromatic rings. The largest absolute Gasteiger partial charge is 0.421 e. The standard InChI is InChI=1S/C22H30N2O4/c1-3-19-20(13-17-7-5-4-6-8-17)23(22(26)24(27)21(19)25)15-28-14-18-11-9-16(2)10-12-18/h9-12,17,27H,3-8,13-15H2,1-2H3. The van der Waals surface area contributed by atoms with Gasteiger partial charge >= 0.3 is 5.69 Å². The van der Waals surface area contributed by atoms with E-state index in [-0.39, 0.29) is 11.5 Å². The summed E-state index contributed by atoms with van der Waals surface area (Å²) in [7, 11) is 0. The van der Waals surface area contributed by atoms with Gasteiger partial charge in [0.05, 0.1) is 6.61 Å². The summed E-state index contributed by atoms with van der Waals surface area (Å²) in [6, 6.07) is 8.02. The summed E-state index contributed by atoms with van der Waals surface area (Å²) < 4.78 is 7.44. The summed E-state index contributed by atoms with van der Waals surface area (Å²) in [5.74, 6) is 0.468. The molecule has 1 fully saturated rings. The molecule has 1 heterocycles. The maximum atomic E-state index is 12.6. The van der Waals surface area contributed by atoms with E-state index < -0.39 is 11.2 Å². The number of rotatable bonds is 7. The van der Waals surface area contributed by atoms with Gasteiger partial charge in [-0.2, -0.15) is 0 Å². The zero-order chi connectivity index (χ0) is 20.1. The second-order valence-electron chi connectivity index (χ2n) is 7.78. The predicted octanol–water partition coefficient (Wildman–Crippen LogP) is 3.42. The monoisotopic (exact) mass is 386 g/mol. The first-order valence-electron chi connectivity index (χ1n) is 10.2. The molecule has 6 heteroatoms. The molecule has 0 aliphatic heterocycles. The summed E-state index contributed by atoms with van der Waals surface area (Å²) in [6.07, 6.45) is 7.02. The molecule has 152 valence electrons. The van der Waals surface area contributed by atoms with Crippen molar-refractivity contribution in [3.8, 4) is 0 Å². The van der Waals surface area contributed by atoms with Crippen LogP contribution in [0.4, 0.5) is 0 Å². The first kappa shape index (κ1) is 20.4. The quantitative estimate of drug-likeness (QED) is 0.740. The normalized spacial score (nSPS) is 15.1. The number of aryl methyl sites for hydroxylation is 1. The Bertz CT molecular complexity index is 906. The van der Waals surface area contributed by atoms with Gasteiger partial charge in [-0.1, -0.05) is 73.6 Å². The molecule has 1 aliphatic rings. The molecule has 0 radical (unpaired) electrons. The molecule has 1 N–H and O–H groups in total. The number of hydrogen-bond acceptors (Lipinski definition) is 4. The van der Waals surface area contributed by atoms with Gasteiger partial charge in [0.25, 0.3) is 5.56 Å². The Labute approximate surface area is 165 Å². The van der Waals surface area contributed by atoms with E-state index >= 15 is 0 Å². The average Bonchev–Trinajstić information content (AvgIpc) is 2.71. The van der Waals surface area contributed by atoms with Crippen LogP contribution in [0.1, 0.15) is 61.4 Å². The minimum Gasteiger partial charge on any atom is -0.421 e. The fraction of sp³-hybridized carbons (Fsp3) is 0.545. The van der Waals surface area contributed by atoms with Crippen LogP contribution in [0.25, 0.3) is 0 Å². The molecular formula is C22H30N2O4. The van der Waals surface area contributed by atoms with Crippen molar-refractivity contribution >= 4 is 0 Å². The first-order valence-corrected chi connectivity index (χ1v) is 10.2. The van der Waals surface area contributed by atoms with Gasteiger partial charge in [-0.3, -0.25) is 9.36 Å². The molecule has 6 nitrogen and oxygen atoms in total. The molecule has 0 atom stereocenters. The van der Waals surface area contributed by atoms with E-state index in [0.29, 0.717) is 30.9 Å². The minimum atomic E-state index is -0.725. The van der Waals surface area contributed by atoms with Crippen LogP contribution in [0.2, 0.25) is 0 Å². The Kier molecular flexibility index (Phi) is 6.73. The van der Waals surface area contributed by atoms with Crippen LogP contribution in [0, 0.1) is 12.8 Å². The van der Waals surface area contributed by atoms with Crippen molar-refractivity contribution in [1.29, 1.82) is 0 Å². The Hall–Kier alpha value is -2.34. The Balaban J connectivity index is 1.86. The fourth-order valence-electron chi connectivity index (χ4n) is 4.06. The van der Waals surface area contributed by atoms with E-state index in [4.69, 9.17) is 4.74 Å². The van der Waals surface area contributed by atoms with E-state index in [2.05, 4.69) is 0 Å². The van der Waals surface area contributed by atoms with Crippen molar-refractivity contribution in [2.45, 2.75) is 72.1 Å². The number of ether oxygens (including phenoxy) is 1. The van der Waals surface area contributed by atoms with Crippen LogP contribution in [0.15, 0.2) is 33.9 Å². The average molecular weight is 386 g/mol. The lowest BCUT2D eigenvalue weighted by Gasteiger charge is -2.24. The maximum absolute atomic E-state index is 12.6. The Morgan fingerprint density at radius 3 is 2.43 bits per heavy atom. The third-order valence-electron chi connectivity index (χ3n) is 5.71. The molecule has 0 bridgehead atoms. The van der Waals surface area contributed by atoms with Gasteiger partial charge in [-0.05, 0) is 31.2 Å². The minimum absolute atomic E-state index is 0.0165. The lowest BCUT2D eigenvalue weighted by atomic mass is 9.85. The maximum Gasteiger partial charge on any atom is 0.366 e. The highest BCUT2D eigenvalue weighted by molar-refractivity contribution is 5.21. The van der Waals surface area contributed by atoms with Crippen molar-refractivity contribution in [2.75, 3.05) is 0 Å². The third kappa shape index (κ3) is 4.55. The SMILES string of the molecule is CCc1c(CC2CCCCC2)n(COCc2ccc(C)cc2)c(=O)n(O)c1=O. The highest BCUT2D eigenvalue weighted by atomic mass is 16.5. The van der Waals surface area contributed by atoms with E-state index in [1.807, 2.05) is 38.1 Å². The Morgan fingerprint density at radius 1 is 1.11 bits per heavy atom. The molecule has 0 saturated heterocycles. The van der Waals surface area contributed by atoms with Gasteiger partial charge in [0.15, 0.2) is 0 Å². The van der Waals surface area contributed by atoms with E-state index in [9.17, 15) is 14.8 Å². The topological polar surface area (TPSA) is 73.5 Å². The summed E-state index contributed by atoms with van der Waals surface area (Å²) in [4.78, 5) is 25.0. The zero-order valence-electron chi connectivity index (χ0n) is 16.8. The second-order valence-corrected chi connectivity index (χ2v) is 7.78. The van der Waals surface area contributed by atoms with Crippen LogP contribution in [-0.2, 0) is 30.9 Å². The van der Waals surface area contributed by atoms with Crippen LogP contribution in [-0.4, -0.2) is 14.5 Å². The van der Waals surface area contributed by atoms with E-state index in [0.717, 1.165) is 24.1 Å². The number of hydrogen-bond donors (Lipinski definition) is 1. The molecule has 1 saturated carbocycles. The van der Waals surface area contributed by atoms with Crippen LogP contribution >= 0.6 is 0 Å². The summed E-state index contributed by atoms with van der Waals surface area (Å²) in [6.45, 7) is 4.28. The van der Waals surface area contributed by atoms with Crippen molar-refractivity contribution < 1.29 is 9.94 Å².